The number of hydrogen-bond acceptors (Lipinski definition) is 4. The molecule has 5 heteroatoms. The Morgan fingerprint density at radius 2 is 2.15 bits per heavy atom. The molecule has 0 heterocycles. The predicted octanol–water partition coefficient (Wildman–Crippen LogP) is 0.0226. The molecule has 0 spiro atoms. The molecule has 1 unspecified atom stereocenters. The molecule has 78 valence electrons. The number of rotatable bonds is 6. The molecule has 0 aromatic carbocycles. The highest BCUT2D eigenvalue weighted by Gasteiger charge is 2.26. The summed E-state index contributed by atoms with van der Waals surface area (Å²) >= 11 is 0. The number of carbonyl (C=O) groups is 1. The second kappa shape index (κ2) is 5.88. The Morgan fingerprint density at radius 1 is 1.54 bits per heavy atom. The first-order valence-corrected chi connectivity index (χ1v) is 4.06. The zero-order valence-electron chi connectivity index (χ0n) is 7.62. The fourth-order valence-electron chi connectivity index (χ4n) is 0.851. The van der Waals surface area contributed by atoms with E-state index in [1.165, 1.54) is 6.92 Å². The van der Waals surface area contributed by atoms with Gasteiger partial charge in [0.05, 0.1) is 12.2 Å². The van der Waals surface area contributed by atoms with Gasteiger partial charge < -0.3 is 14.9 Å². The minimum Gasteiger partial charge on any atom is -0.466 e. The standard InChI is InChI=1S/C8H15FO4/c1-7(11)13-5-3-8(12,6-9)2-4-10/h10,12H,2-6H2,1H3. The molecule has 0 saturated carbocycles. The van der Waals surface area contributed by atoms with Crippen LogP contribution < -0.4 is 0 Å². The fraction of sp³-hybridized carbons (Fsp3) is 0.875. The van der Waals surface area contributed by atoms with Gasteiger partial charge in [-0.3, -0.25) is 4.79 Å². The van der Waals surface area contributed by atoms with Crippen molar-refractivity contribution in [2.24, 2.45) is 0 Å². The number of ether oxygens (including phenoxy) is 1. The summed E-state index contributed by atoms with van der Waals surface area (Å²) in [5.41, 5.74) is -1.57. The maximum Gasteiger partial charge on any atom is 0.302 e. The lowest BCUT2D eigenvalue weighted by atomic mass is 9.98. The summed E-state index contributed by atoms with van der Waals surface area (Å²) in [6.07, 6.45) is -0.0472. The molecule has 0 saturated heterocycles. The van der Waals surface area contributed by atoms with Gasteiger partial charge >= 0.3 is 5.97 Å². The number of esters is 1. The molecule has 0 aliphatic carbocycles. The van der Waals surface area contributed by atoms with Gasteiger partial charge in [-0.2, -0.15) is 0 Å². The van der Waals surface area contributed by atoms with Crippen molar-refractivity contribution in [1.29, 1.82) is 0 Å². The number of aliphatic hydroxyl groups is 2. The summed E-state index contributed by atoms with van der Waals surface area (Å²) < 4.78 is 16.8. The topological polar surface area (TPSA) is 66.8 Å². The van der Waals surface area contributed by atoms with Gasteiger partial charge in [-0.05, 0) is 0 Å². The van der Waals surface area contributed by atoms with Crippen molar-refractivity contribution in [2.45, 2.75) is 25.4 Å². The van der Waals surface area contributed by atoms with Crippen LogP contribution in [0.4, 0.5) is 4.39 Å². The molecular formula is C8H15FO4. The van der Waals surface area contributed by atoms with Crippen LogP contribution in [0, 0.1) is 0 Å². The Bertz CT molecular complexity index is 162. The summed E-state index contributed by atoms with van der Waals surface area (Å²) in [6, 6.07) is 0. The van der Waals surface area contributed by atoms with Gasteiger partial charge in [0.1, 0.15) is 6.67 Å². The van der Waals surface area contributed by atoms with Crippen LogP contribution >= 0.6 is 0 Å². The molecule has 0 bridgehead atoms. The third-order valence-electron chi connectivity index (χ3n) is 1.70. The van der Waals surface area contributed by atoms with Crippen LogP contribution in [-0.4, -0.2) is 41.7 Å². The third kappa shape index (κ3) is 5.54. The molecular weight excluding hydrogens is 179 g/mol. The molecule has 0 aliphatic heterocycles. The van der Waals surface area contributed by atoms with Gasteiger partial charge in [-0.15, -0.1) is 0 Å². The van der Waals surface area contributed by atoms with Crippen LogP contribution in [0.15, 0.2) is 0 Å². The van der Waals surface area contributed by atoms with E-state index in [9.17, 15) is 14.3 Å². The lowest BCUT2D eigenvalue weighted by Gasteiger charge is -2.23. The lowest BCUT2D eigenvalue weighted by molar-refractivity contribution is -0.142. The van der Waals surface area contributed by atoms with Crippen molar-refractivity contribution in [3.63, 3.8) is 0 Å². The highest BCUT2D eigenvalue weighted by molar-refractivity contribution is 5.65. The lowest BCUT2D eigenvalue weighted by Crippen LogP contribution is -2.34. The van der Waals surface area contributed by atoms with Gasteiger partial charge in [0.2, 0.25) is 0 Å². The Balaban J connectivity index is 3.76. The number of carbonyl (C=O) groups excluding carboxylic acids is 1. The van der Waals surface area contributed by atoms with E-state index in [-0.39, 0.29) is 26.1 Å². The zero-order valence-corrected chi connectivity index (χ0v) is 7.62. The highest BCUT2D eigenvalue weighted by Crippen LogP contribution is 2.15. The smallest absolute Gasteiger partial charge is 0.302 e. The van der Waals surface area contributed by atoms with Gasteiger partial charge in [0.15, 0.2) is 0 Å². The summed E-state index contributed by atoms with van der Waals surface area (Å²) in [5, 5.41) is 17.9. The van der Waals surface area contributed by atoms with E-state index in [1.54, 1.807) is 0 Å². The quantitative estimate of drug-likeness (QED) is 0.585. The average Bonchev–Trinajstić information content (AvgIpc) is 2.04. The molecule has 4 nitrogen and oxygen atoms in total. The maximum atomic E-state index is 12.3. The Kier molecular flexibility index (Phi) is 5.57. The van der Waals surface area contributed by atoms with Gasteiger partial charge in [-0.25, -0.2) is 4.39 Å². The number of aliphatic hydroxyl groups excluding tert-OH is 1. The van der Waals surface area contributed by atoms with E-state index in [2.05, 4.69) is 4.74 Å². The zero-order chi connectivity index (χ0) is 10.3. The van der Waals surface area contributed by atoms with Crippen LogP contribution in [0.2, 0.25) is 0 Å². The van der Waals surface area contributed by atoms with Crippen LogP contribution in [-0.2, 0) is 9.53 Å². The number of hydrogen-bond donors (Lipinski definition) is 2. The van der Waals surface area contributed by atoms with E-state index in [1.807, 2.05) is 0 Å². The molecule has 0 aromatic rings. The van der Waals surface area contributed by atoms with E-state index in [0.717, 1.165) is 0 Å². The fourth-order valence-corrected chi connectivity index (χ4v) is 0.851. The Labute approximate surface area is 76.3 Å². The van der Waals surface area contributed by atoms with E-state index >= 15 is 0 Å². The maximum absolute atomic E-state index is 12.3. The van der Waals surface area contributed by atoms with Crippen molar-refractivity contribution in [1.82, 2.24) is 0 Å². The highest BCUT2D eigenvalue weighted by atomic mass is 19.1. The molecule has 0 rings (SSSR count). The monoisotopic (exact) mass is 194 g/mol. The van der Waals surface area contributed by atoms with E-state index in [4.69, 9.17) is 5.11 Å². The predicted molar refractivity (Wildman–Crippen MR) is 43.9 cm³/mol. The minimum absolute atomic E-state index is 0.00361. The first-order chi connectivity index (χ1) is 6.04. The second-order valence-corrected chi connectivity index (χ2v) is 2.92. The second-order valence-electron chi connectivity index (χ2n) is 2.92. The molecule has 0 aromatic heterocycles. The molecule has 0 aliphatic rings. The summed E-state index contributed by atoms with van der Waals surface area (Å²) in [4.78, 5) is 10.3. The van der Waals surface area contributed by atoms with Gasteiger partial charge in [-0.1, -0.05) is 0 Å². The largest absolute Gasteiger partial charge is 0.466 e. The van der Waals surface area contributed by atoms with Crippen LogP contribution in [0.3, 0.4) is 0 Å². The van der Waals surface area contributed by atoms with Gasteiger partial charge in [0.25, 0.3) is 0 Å². The van der Waals surface area contributed by atoms with Crippen LogP contribution in [0.5, 0.6) is 0 Å². The summed E-state index contributed by atoms with van der Waals surface area (Å²) in [7, 11) is 0. The Hall–Kier alpha value is -0.680. The number of halogens is 1. The molecule has 13 heavy (non-hydrogen) atoms. The van der Waals surface area contributed by atoms with Gasteiger partial charge in [0, 0.05) is 26.4 Å². The Morgan fingerprint density at radius 3 is 2.54 bits per heavy atom. The minimum atomic E-state index is -1.57. The first kappa shape index (κ1) is 12.3. The molecule has 0 amide bonds. The molecule has 1 atom stereocenters. The van der Waals surface area contributed by atoms with E-state index < -0.39 is 18.2 Å². The van der Waals surface area contributed by atoms with Crippen molar-refractivity contribution < 1.29 is 24.1 Å². The van der Waals surface area contributed by atoms with Crippen LogP contribution in [0.25, 0.3) is 0 Å². The summed E-state index contributed by atoms with van der Waals surface area (Å²) in [5.74, 6) is -0.467. The molecule has 0 fully saturated rings. The van der Waals surface area contributed by atoms with Crippen molar-refractivity contribution in [3.8, 4) is 0 Å². The normalized spacial score (nSPS) is 15.1. The third-order valence-corrected chi connectivity index (χ3v) is 1.70. The van der Waals surface area contributed by atoms with Crippen molar-refractivity contribution in [3.05, 3.63) is 0 Å². The van der Waals surface area contributed by atoms with E-state index in [0.29, 0.717) is 0 Å². The molecule has 0 radical (unpaired) electrons. The van der Waals surface area contributed by atoms with Crippen molar-refractivity contribution in [2.75, 3.05) is 19.9 Å². The molecule has 2 N–H and O–H groups in total. The first-order valence-electron chi connectivity index (χ1n) is 4.06. The summed E-state index contributed by atoms with van der Waals surface area (Å²) in [6.45, 7) is -0.0361. The van der Waals surface area contributed by atoms with Crippen LogP contribution in [0.1, 0.15) is 19.8 Å². The SMILES string of the molecule is CC(=O)OCCC(O)(CF)CCO. The number of alkyl halides is 1. The van der Waals surface area contributed by atoms with Crippen molar-refractivity contribution >= 4 is 5.97 Å². The average molecular weight is 194 g/mol.